The minimum absolute atomic E-state index is 0.220. The fourth-order valence-electron chi connectivity index (χ4n) is 1.80. The van der Waals surface area contributed by atoms with Crippen molar-refractivity contribution in [3.63, 3.8) is 0 Å². The second kappa shape index (κ2) is 4.61. The van der Waals surface area contributed by atoms with Gasteiger partial charge in [0.1, 0.15) is 0 Å². The van der Waals surface area contributed by atoms with Gasteiger partial charge in [0.2, 0.25) is 5.91 Å². The summed E-state index contributed by atoms with van der Waals surface area (Å²) in [6.07, 6.45) is 1.13. The third-order valence-electron chi connectivity index (χ3n) is 3.01. The summed E-state index contributed by atoms with van der Waals surface area (Å²) in [5.41, 5.74) is 4.88. The highest BCUT2D eigenvalue weighted by atomic mass is 16.5. The number of hydrogen-bond donors (Lipinski definition) is 1. The summed E-state index contributed by atoms with van der Waals surface area (Å²) < 4.78 is 4.55. The third-order valence-corrected chi connectivity index (χ3v) is 3.01. The molecule has 5 nitrogen and oxygen atoms in total. The first-order valence-electron chi connectivity index (χ1n) is 5.07. The van der Waals surface area contributed by atoms with Crippen LogP contribution in [0.5, 0.6) is 0 Å². The van der Waals surface area contributed by atoms with Gasteiger partial charge in [-0.15, -0.1) is 0 Å². The number of amides is 1. The van der Waals surface area contributed by atoms with Gasteiger partial charge in [-0.2, -0.15) is 0 Å². The van der Waals surface area contributed by atoms with E-state index in [4.69, 9.17) is 5.73 Å². The zero-order valence-corrected chi connectivity index (χ0v) is 9.28. The number of ether oxygens (including phenoxy) is 1. The molecule has 0 aromatic rings. The van der Waals surface area contributed by atoms with E-state index in [0.717, 1.165) is 13.0 Å². The molecule has 15 heavy (non-hydrogen) atoms. The Balaban J connectivity index is 2.37. The average Bonchev–Trinajstić information content (AvgIpc) is 2.58. The van der Waals surface area contributed by atoms with Crippen LogP contribution in [0.2, 0.25) is 0 Å². The summed E-state index contributed by atoms with van der Waals surface area (Å²) in [5.74, 6) is -0.481. The molecule has 1 amide bonds. The second-order valence-electron chi connectivity index (χ2n) is 4.28. The molecule has 0 aromatic heterocycles. The first-order chi connectivity index (χ1) is 6.98. The Bertz CT molecular complexity index is 267. The molecule has 1 atom stereocenters. The van der Waals surface area contributed by atoms with Gasteiger partial charge in [0.25, 0.3) is 0 Å². The monoisotopic (exact) mass is 214 g/mol. The van der Waals surface area contributed by atoms with Crippen LogP contribution >= 0.6 is 0 Å². The zero-order valence-electron chi connectivity index (χ0n) is 9.28. The van der Waals surface area contributed by atoms with E-state index in [0.29, 0.717) is 19.5 Å². The number of nitrogens with two attached hydrogens (primary N) is 1. The Morgan fingerprint density at radius 3 is 2.67 bits per heavy atom. The van der Waals surface area contributed by atoms with Gasteiger partial charge in [-0.1, -0.05) is 0 Å². The third kappa shape index (κ3) is 2.92. The summed E-state index contributed by atoms with van der Waals surface area (Å²) in [6, 6.07) is 0. The lowest BCUT2D eigenvalue weighted by Crippen LogP contribution is -2.37. The molecular formula is C10H18N2O3. The molecular weight excluding hydrogens is 196 g/mol. The summed E-state index contributed by atoms with van der Waals surface area (Å²) >= 11 is 0. The number of esters is 1. The molecule has 1 saturated heterocycles. The molecule has 1 heterocycles. The molecule has 5 heteroatoms. The molecule has 0 aliphatic carbocycles. The maximum absolute atomic E-state index is 11.2. The fourth-order valence-corrected chi connectivity index (χ4v) is 1.80. The summed E-state index contributed by atoms with van der Waals surface area (Å²) in [6.45, 7) is 3.96. The number of nitrogens with zero attached hydrogens (tertiary/aromatic N) is 1. The number of methoxy groups -OCH3 is 1. The Kier molecular flexibility index (Phi) is 3.68. The van der Waals surface area contributed by atoms with Gasteiger partial charge in [-0.25, -0.2) is 0 Å². The van der Waals surface area contributed by atoms with Gasteiger partial charge < -0.3 is 15.4 Å². The van der Waals surface area contributed by atoms with Crippen molar-refractivity contribution in [1.29, 1.82) is 0 Å². The Labute approximate surface area is 89.6 Å². The predicted molar refractivity (Wildman–Crippen MR) is 55.0 cm³/mol. The molecule has 1 rings (SSSR count). The van der Waals surface area contributed by atoms with E-state index < -0.39 is 5.41 Å². The number of rotatable bonds is 4. The van der Waals surface area contributed by atoms with E-state index in [2.05, 4.69) is 9.64 Å². The second-order valence-corrected chi connectivity index (χ2v) is 4.28. The lowest BCUT2D eigenvalue weighted by molar-refractivity contribution is -0.140. The number of likely N-dealkylation sites (tertiary alicyclic amines) is 1. The Hall–Kier alpha value is -1.10. The van der Waals surface area contributed by atoms with E-state index >= 15 is 0 Å². The largest absolute Gasteiger partial charge is 0.469 e. The van der Waals surface area contributed by atoms with Gasteiger partial charge in [-0.3, -0.25) is 9.59 Å². The van der Waals surface area contributed by atoms with Crippen LogP contribution in [0.3, 0.4) is 0 Å². The molecule has 1 unspecified atom stereocenters. The SMILES string of the molecule is COC(=O)CCN1CCC(C)(C(N)=O)C1. The molecule has 0 radical (unpaired) electrons. The van der Waals surface area contributed by atoms with Crippen molar-refractivity contribution in [3.8, 4) is 0 Å². The standard InChI is InChI=1S/C10H18N2O3/c1-10(9(11)14)4-6-12(7-10)5-3-8(13)15-2/h3-7H2,1-2H3,(H2,11,14). The highest BCUT2D eigenvalue weighted by Gasteiger charge is 2.38. The van der Waals surface area contributed by atoms with Crippen LogP contribution in [0.4, 0.5) is 0 Å². The maximum Gasteiger partial charge on any atom is 0.306 e. The highest BCUT2D eigenvalue weighted by molar-refractivity contribution is 5.81. The predicted octanol–water partition coefficient (Wildman–Crippen LogP) is -0.253. The molecule has 0 saturated carbocycles. The summed E-state index contributed by atoms with van der Waals surface area (Å²) in [5, 5.41) is 0. The first-order valence-corrected chi connectivity index (χ1v) is 5.07. The van der Waals surface area contributed by atoms with Crippen molar-refractivity contribution >= 4 is 11.9 Å². The first kappa shape index (κ1) is 12.0. The molecule has 0 aromatic carbocycles. The van der Waals surface area contributed by atoms with Crippen molar-refractivity contribution < 1.29 is 14.3 Å². The van der Waals surface area contributed by atoms with Crippen LogP contribution in [-0.4, -0.2) is 43.5 Å². The average molecular weight is 214 g/mol. The summed E-state index contributed by atoms with van der Waals surface area (Å²) in [4.78, 5) is 24.2. The van der Waals surface area contributed by atoms with Crippen LogP contribution in [0.1, 0.15) is 19.8 Å². The fraction of sp³-hybridized carbons (Fsp3) is 0.800. The quantitative estimate of drug-likeness (QED) is 0.655. The van der Waals surface area contributed by atoms with Gasteiger partial charge >= 0.3 is 5.97 Å². The molecule has 2 N–H and O–H groups in total. The minimum Gasteiger partial charge on any atom is -0.469 e. The van der Waals surface area contributed by atoms with E-state index in [1.165, 1.54) is 7.11 Å². The van der Waals surface area contributed by atoms with Crippen LogP contribution in [-0.2, 0) is 14.3 Å². The normalized spacial score (nSPS) is 26.5. The van der Waals surface area contributed by atoms with Gasteiger partial charge in [0.05, 0.1) is 18.9 Å². The van der Waals surface area contributed by atoms with E-state index in [1.807, 2.05) is 6.92 Å². The number of carbonyl (C=O) groups is 2. The van der Waals surface area contributed by atoms with Crippen molar-refractivity contribution in [3.05, 3.63) is 0 Å². The number of primary amides is 1. The number of carbonyl (C=O) groups excluding carboxylic acids is 2. The van der Waals surface area contributed by atoms with Crippen LogP contribution in [0, 0.1) is 5.41 Å². The van der Waals surface area contributed by atoms with Crippen molar-refractivity contribution in [2.24, 2.45) is 11.1 Å². The van der Waals surface area contributed by atoms with E-state index in [9.17, 15) is 9.59 Å². The maximum atomic E-state index is 11.2. The lowest BCUT2D eigenvalue weighted by atomic mass is 9.89. The van der Waals surface area contributed by atoms with E-state index in [1.54, 1.807) is 0 Å². The molecule has 0 bridgehead atoms. The molecule has 1 fully saturated rings. The summed E-state index contributed by atoms with van der Waals surface area (Å²) in [7, 11) is 1.37. The smallest absolute Gasteiger partial charge is 0.306 e. The number of hydrogen-bond acceptors (Lipinski definition) is 4. The Morgan fingerprint density at radius 1 is 1.53 bits per heavy atom. The Morgan fingerprint density at radius 2 is 2.20 bits per heavy atom. The van der Waals surface area contributed by atoms with Crippen molar-refractivity contribution in [1.82, 2.24) is 4.90 Å². The molecule has 86 valence electrons. The minimum atomic E-state index is -0.434. The highest BCUT2D eigenvalue weighted by Crippen LogP contribution is 2.29. The van der Waals surface area contributed by atoms with Gasteiger partial charge in [0, 0.05) is 13.1 Å². The molecule has 1 aliphatic heterocycles. The van der Waals surface area contributed by atoms with E-state index in [-0.39, 0.29) is 11.9 Å². The van der Waals surface area contributed by atoms with Gasteiger partial charge in [0.15, 0.2) is 0 Å². The van der Waals surface area contributed by atoms with Crippen LogP contribution < -0.4 is 5.73 Å². The topological polar surface area (TPSA) is 72.6 Å². The zero-order chi connectivity index (χ0) is 11.5. The lowest BCUT2D eigenvalue weighted by Gasteiger charge is -2.20. The van der Waals surface area contributed by atoms with Crippen molar-refractivity contribution in [2.75, 3.05) is 26.7 Å². The molecule has 0 spiro atoms. The van der Waals surface area contributed by atoms with Gasteiger partial charge in [-0.05, 0) is 19.9 Å². The van der Waals surface area contributed by atoms with Crippen molar-refractivity contribution in [2.45, 2.75) is 19.8 Å². The van der Waals surface area contributed by atoms with Crippen LogP contribution in [0.15, 0.2) is 0 Å². The molecule has 1 aliphatic rings. The van der Waals surface area contributed by atoms with Crippen LogP contribution in [0.25, 0.3) is 0 Å².